The van der Waals surface area contributed by atoms with Crippen molar-refractivity contribution < 1.29 is 28.5 Å². The fraction of sp³-hybridized carbons (Fsp3) is 0.342. The minimum absolute atomic E-state index is 0.136. The maximum atomic E-state index is 13.6. The molecule has 1 aromatic heterocycles. The molecule has 0 radical (unpaired) electrons. The zero-order valence-corrected chi connectivity index (χ0v) is 28.6. The Morgan fingerprint density at radius 3 is 2.84 bits per heavy atom. The number of amides is 1. The predicted octanol–water partition coefficient (Wildman–Crippen LogP) is 7.41. The summed E-state index contributed by atoms with van der Waals surface area (Å²) in [5, 5.41) is 30.6. The molecule has 1 fully saturated rings. The fourth-order valence-corrected chi connectivity index (χ4v) is 5.77. The Kier molecular flexibility index (Phi) is 13.4. The monoisotopic (exact) mass is 701 g/mol. The fourth-order valence-electron chi connectivity index (χ4n) is 5.53. The number of aliphatic hydroxyl groups is 1. The summed E-state index contributed by atoms with van der Waals surface area (Å²) < 4.78 is 31.1. The standard InChI is InChI=1S/C38H41ClFN5O5/c1-42-15-4-2-3-9-29(46)10-6-11-37(47)45-34-19-31-33(20-36(34)50-30-14-16-48-24-30)43-22-26(21-41)38(31)44-28-12-13-35(32(39)18-28)49-23-25-7-5-8-27(40)17-25/h5-8,11-13,17-20,22,29-30,42,46H,2-4,9-10,14-16,23-24H2,1H3,(H,43,44)(H,45,47)/b11-6+/t29-,30-/m0/s1. The van der Waals surface area contributed by atoms with Crippen molar-refractivity contribution in [2.75, 3.05) is 37.4 Å². The Morgan fingerprint density at radius 1 is 1.20 bits per heavy atom. The van der Waals surface area contributed by atoms with Gasteiger partial charge in [-0.2, -0.15) is 5.26 Å². The van der Waals surface area contributed by atoms with E-state index in [0.717, 1.165) is 25.8 Å². The molecule has 0 aliphatic carbocycles. The van der Waals surface area contributed by atoms with Gasteiger partial charge in [-0.15, -0.1) is 0 Å². The van der Waals surface area contributed by atoms with Crippen molar-refractivity contribution in [2.24, 2.45) is 0 Å². The molecule has 50 heavy (non-hydrogen) atoms. The molecule has 0 unspecified atom stereocenters. The number of nitriles is 1. The van der Waals surface area contributed by atoms with Gasteiger partial charge in [-0.1, -0.05) is 42.7 Å². The molecule has 4 N–H and O–H groups in total. The van der Waals surface area contributed by atoms with Crippen molar-refractivity contribution in [3.05, 3.63) is 94.9 Å². The number of carbonyl (C=O) groups is 1. The van der Waals surface area contributed by atoms with Crippen LogP contribution in [0.3, 0.4) is 0 Å². The van der Waals surface area contributed by atoms with Gasteiger partial charge in [-0.25, -0.2) is 4.39 Å². The highest BCUT2D eigenvalue weighted by Crippen LogP contribution is 2.38. The lowest BCUT2D eigenvalue weighted by Gasteiger charge is -2.19. The number of unbranched alkanes of at least 4 members (excludes halogenated alkanes) is 2. The Labute approximate surface area is 296 Å². The van der Waals surface area contributed by atoms with E-state index >= 15 is 0 Å². The van der Waals surface area contributed by atoms with Crippen LogP contribution in [0.4, 0.5) is 21.5 Å². The molecule has 1 aliphatic heterocycles. The average Bonchev–Trinajstić information content (AvgIpc) is 3.61. The third kappa shape index (κ3) is 10.4. The van der Waals surface area contributed by atoms with E-state index in [0.29, 0.717) is 82.5 Å². The molecule has 2 atom stereocenters. The number of ether oxygens (including phenoxy) is 3. The molecule has 3 aromatic carbocycles. The zero-order chi connectivity index (χ0) is 35.3. The number of halogens is 2. The van der Waals surface area contributed by atoms with E-state index in [1.165, 1.54) is 24.4 Å². The topological polar surface area (TPSA) is 138 Å². The van der Waals surface area contributed by atoms with Crippen LogP contribution in [0.1, 0.15) is 49.7 Å². The van der Waals surface area contributed by atoms with E-state index in [9.17, 15) is 19.6 Å². The number of pyridine rings is 1. The third-order valence-electron chi connectivity index (χ3n) is 8.16. The van der Waals surface area contributed by atoms with Crippen LogP contribution < -0.4 is 25.4 Å². The van der Waals surface area contributed by atoms with E-state index in [1.54, 1.807) is 48.5 Å². The molecule has 1 aliphatic rings. The molecule has 12 heteroatoms. The lowest BCUT2D eigenvalue weighted by atomic mass is 10.1. The molecule has 10 nitrogen and oxygen atoms in total. The number of nitrogens with zero attached hydrogens (tertiary/aromatic N) is 2. The number of aromatic nitrogens is 1. The first kappa shape index (κ1) is 36.5. The summed E-state index contributed by atoms with van der Waals surface area (Å²) in [4.78, 5) is 17.6. The van der Waals surface area contributed by atoms with Crippen molar-refractivity contribution in [1.82, 2.24) is 10.3 Å². The van der Waals surface area contributed by atoms with Crippen LogP contribution in [0.25, 0.3) is 10.9 Å². The average molecular weight is 702 g/mol. The first-order chi connectivity index (χ1) is 24.3. The lowest BCUT2D eigenvalue weighted by Crippen LogP contribution is -2.18. The maximum Gasteiger partial charge on any atom is 0.248 e. The Morgan fingerprint density at radius 2 is 2.08 bits per heavy atom. The molecular formula is C38H41ClFN5O5. The van der Waals surface area contributed by atoms with Gasteiger partial charge in [0.05, 0.1) is 46.8 Å². The van der Waals surface area contributed by atoms with Gasteiger partial charge in [-0.3, -0.25) is 9.78 Å². The van der Waals surface area contributed by atoms with E-state index in [4.69, 9.17) is 25.8 Å². The minimum atomic E-state index is -0.526. The highest BCUT2D eigenvalue weighted by Gasteiger charge is 2.21. The smallest absolute Gasteiger partial charge is 0.248 e. The summed E-state index contributed by atoms with van der Waals surface area (Å²) in [6.45, 7) is 2.09. The van der Waals surface area contributed by atoms with Crippen LogP contribution in [0.5, 0.6) is 11.5 Å². The predicted molar refractivity (Wildman–Crippen MR) is 193 cm³/mol. The largest absolute Gasteiger partial charge is 0.487 e. The Hall–Kier alpha value is -4.73. The zero-order valence-electron chi connectivity index (χ0n) is 27.9. The third-order valence-corrected chi connectivity index (χ3v) is 8.45. The van der Waals surface area contributed by atoms with Crippen molar-refractivity contribution >= 4 is 45.5 Å². The summed E-state index contributed by atoms with van der Waals surface area (Å²) in [5.74, 6) is 0.0893. The molecule has 262 valence electrons. The highest BCUT2D eigenvalue weighted by atomic mass is 35.5. The van der Waals surface area contributed by atoms with Crippen LogP contribution in [-0.2, 0) is 16.1 Å². The van der Waals surface area contributed by atoms with Crippen molar-refractivity contribution in [3.63, 3.8) is 0 Å². The van der Waals surface area contributed by atoms with Crippen LogP contribution in [0.15, 0.2) is 72.9 Å². The van der Waals surface area contributed by atoms with E-state index in [2.05, 4.69) is 27.0 Å². The minimum Gasteiger partial charge on any atom is -0.487 e. The number of anilines is 3. The van der Waals surface area contributed by atoms with Crippen molar-refractivity contribution in [2.45, 2.75) is 57.3 Å². The first-order valence-electron chi connectivity index (χ1n) is 16.7. The van der Waals surface area contributed by atoms with Crippen molar-refractivity contribution in [3.8, 4) is 17.6 Å². The van der Waals surface area contributed by atoms with Gasteiger partial charge in [0, 0.05) is 29.8 Å². The van der Waals surface area contributed by atoms with Gasteiger partial charge in [-0.05, 0) is 80.9 Å². The van der Waals surface area contributed by atoms with Crippen LogP contribution in [0, 0.1) is 17.1 Å². The summed E-state index contributed by atoms with van der Waals surface area (Å²) in [6.07, 6.45) is 8.56. The second kappa shape index (κ2) is 18.3. The normalized spacial score (nSPS) is 14.8. The molecular weight excluding hydrogens is 661 g/mol. The molecule has 2 heterocycles. The van der Waals surface area contributed by atoms with Gasteiger partial charge in [0.1, 0.15) is 36.1 Å². The SMILES string of the molecule is CNCCCCC[C@H](O)C/C=C/C(=O)Nc1cc2c(Nc3ccc(OCc4cccc(F)c4)c(Cl)c3)c(C#N)cnc2cc1O[C@H]1CCOC1. The molecule has 5 rings (SSSR count). The number of nitrogens with one attached hydrogen (secondary N) is 3. The second-order valence-corrected chi connectivity index (χ2v) is 12.5. The maximum absolute atomic E-state index is 13.6. The number of fused-ring (bicyclic) bond motifs is 1. The number of benzene rings is 3. The summed E-state index contributed by atoms with van der Waals surface area (Å²) in [6, 6.07) is 16.9. The summed E-state index contributed by atoms with van der Waals surface area (Å²) in [5.41, 5.74) is 2.90. The van der Waals surface area contributed by atoms with Crippen LogP contribution in [-0.4, -0.2) is 55.0 Å². The van der Waals surface area contributed by atoms with Gasteiger partial charge in [0.25, 0.3) is 0 Å². The lowest BCUT2D eigenvalue weighted by molar-refractivity contribution is -0.111. The van der Waals surface area contributed by atoms with Gasteiger partial charge >= 0.3 is 0 Å². The molecule has 0 saturated carbocycles. The highest BCUT2D eigenvalue weighted by molar-refractivity contribution is 6.32. The molecule has 0 bridgehead atoms. The summed E-state index contributed by atoms with van der Waals surface area (Å²) in [7, 11) is 1.92. The number of aliphatic hydroxyl groups excluding tert-OH is 1. The van der Waals surface area contributed by atoms with E-state index < -0.39 is 12.0 Å². The molecule has 1 saturated heterocycles. The van der Waals surface area contributed by atoms with Crippen molar-refractivity contribution in [1.29, 1.82) is 5.26 Å². The molecule has 1 amide bonds. The van der Waals surface area contributed by atoms with Crippen LogP contribution >= 0.6 is 11.6 Å². The second-order valence-electron chi connectivity index (χ2n) is 12.1. The number of hydrogen-bond acceptors (Lipinski definition) is 9. The molecule has 0 spiro atoms. The Bertz CT molecular complexity index is 1840. The number of hydrogen-bond donors (Lipinski definition) is 4. The van der Waals surface area contributed by atoms with E-state index in [-0.39, 0.29) is 24.1 Å². The number of rotatable bonds is 17. The summed E-state index contributed by atoms with van der Waals surface area (Å²) >= 11 is 6.56. The van der Waals surface area contributed by atoms with E-state index in [1.807, 2.05) is 7.05 Å². The first-order valence-corrected chi connectivity index (χ1v) is 17.1. The number of carbonyl (C=O) groups excluding carboxylic acids is 1. The molecule has 4 aromatic rings. The van der Waals surface area contributed by atoms with Gasteiger partial charge < -0.3 is 35.3 Å². The Balaban J connectivity index is 1.35. The van der Waals surface area contributed by atoms with Gasteiger partial charge in [0.15, 0.2) is 0 Å². The quantitative estimate of drug-likeness (QED) is 0.0655. The van der Waals surface area contributed by atoms with Crippen LogP contribution in [0.2, 0.25) is 5.02 Å². The van der Waals surface area contributed by atoms with Gasteiger partial charge in [0.2, 0.25) is 5.91 Å².